The van der Waals surface area contributed by atoms with E-state index in [1.54, 1.807) is 31.2 Å². The van der Waals surface area contributed by atoms with Crippen LogP contribution in [0.2, 0.25) is 5.02 Å². The quantitative estimate of drug-likeness (QED) is 0.676. The van der Waals surface area contributed by atoms with Crippen molar-refractivity contribution in [1.82, 2.24) is 9.78 Å². The molecule has 0 unspecified atom stereocenters. The third kappa shape index (κ3) is 3.67. The van der Waals surface area contributed by atoms with Gasteiger partial charge in [0.25, 0.3) is 5.56 Å². The maximum atomic E-state index is 13.7. The van der Waals surface area contributed by atoms with Crippen LogP contribution in [-0.2, 0) is 0 Å². The average molecular weight is 378 g/mol. The second-order valence-corrected chi connectivity index (χ2v) is 5.69. The van der Waals surface area contributed by atoms with Gasteiger partial charge in [-0.1, -0.05) is 11.6 Å². The van der Waals surface area contributed by atoms with Crippen LogP contribution in [0.15, 0.2) is 52.3 Å². The summed E-state index contributed by atoms with van der Waals surface area (Å²) in [6.07, 6.45) is 1.19. The second-order valence-electron chi connectivity index (χ2n) is 5.26. The van der Waals surface area contributed by atoms with E-state index in [1.165, 1.54) is 17.0 Å². The molecule has 5 nitrogen and oxygen atoms in total. The minimum Gasteiger partial charge on any atom is -0.478 e. The molecule has 8 heteroatoms. The van der Waals surface area contributed by atoms with E-state index in [-0.39, 0.29) is 17.1 Å². The van der Waals surface area contributed by atoms with E-state index < -0.39 is 17.2 Å². The molecule has 0 aliphatic carbocycles. The van der Waals surface area contributed by atoms with Crippen LogP contribution < -0.4 is 10.3 Å². The Balaban J connectivity index is 2.04. The Morgan fingerprint density at radius 2 is 1.96 bits per heavy atom. The molecule has 26 heavy (non-hydrogen) atoms. The lowest BCUT2D eigenvalue weighted by atomic mass is 10.3. The predicted molar refractivity (Wildman–Crippen MR) is 96.2 cm³/mol. The van der Waals surface area contributed by atoms with Crippen molar-refractivity contribution < 1.29 is 13.5 Å². The lowest BCUT2D eigenvalue weighted by Crippen LogP contribution is -2.17. The van der Waals surface area contributed by atoms with Gasteiger partial charge in [-0.3, -0.25) is 14.9 Å². The molecule has 0 saturated heterocycles. The van der Waals surface area contributed by atoms with E-state index in [0.717, 1.165) is 12.1 Å². The number of aromatic nitrogens is 2. The molecule has 0 amide bonds. The fourth-order valence-corrected chi connectivity index (χ4v) is 2.42. The smallest absolute Gasteiger partial charge is 0.284 e. The van der Waals surface area contributed by atoms with Gasteiger partial charge in [-0.25, -0.2) is 13.5 Å². The van der Waals surface area contributed by atoms with E-state index in [2.05, 4.69) is 10.1 Å². The highest BCUT2D eigenvalue weighted by molar-refractivity contribution is 6.30. The Bertz CT molecular complexity index is 1010. The SMILES string of the molecule is CCOc1[nH]n(-c2ccc(Cl)cc2)c(=O)c1C=Nc1ccc(F)cc1F. The largest absolute Gasteiger partial charge is 0.478 e. The topological polar surface area (TPSA) is 59.4 Å². The number of benzene rings is 2. The molecule has 1 N–H and O–H groups in total. The predicted octanol–water partition coefficient (Wildman–Crippen LogP) is 4.25. The number of H-pyrrole nitrogens is 1. The van der Waals surface area contributed by atoms with Gasteiger partial charge in [-0.2, -0.15) is 0 Å². The number of halogens is 3. The fourth-order valence-electron chi connectivity index (χ4n) is 2.29. The number of ether oxygens (including phenoxy) is 1. The third-order valence-electron chi connectivity index (χ3n) is 3.51. The Hall–Kier alpha value is -2.93. The number of rotatable bonds is 5. The van der Waals surface area contributed by atoms with Gasteiger partial charge in [0.1, 0.15) is 11.4 Å². The van der Waals surface area contributed by atoms with Gasteiger partial charge in [0.2, 0.25) is 5.88 Å². The molecule has 3 rings (SSSR count). The van der Waals surface area contributed by atoms with Gasteiger partial charge < -0.3 is 4.74 Å². The summed E-state index contributed by atoms with van der Waals surface area (Å²) in [6, 6.07) is 9.61. The van der Waals surface area contributed by atoms with Crippen molar-refractivity contribution >= 4 is 23.5 Å². The number of hydrogen-bond donors (Lipinski definition) is 1. The Morgan fingerprint density at radius 3 is 2.62 bits per heavy atom. The first-order valence-electron chi connectivity index (χ1n) is 7.72. The first-order chi connectivity index (χ1) is 12.5. The van der Waals surface area contributed by atoms with Crippen LogP contribution in [0, 0.1) is 11.6 Å². The van der Waals surface area contributed by atoms with Gasteiger partial charge in [-0.05, 0) is 43.3 Å². The number of hydrogen-bond acceptors (Lipinski definition) is 3. The molecule has 3 aromatic rings. The van der Waals surface area contributed by atoms with Gasteiger partial charge in [0.15, 0.2) is 5.82 Å². The van der Waals surface area contributed by atoms with Crippen LogP contribution in [0.5, 0.6) is 5.88 Å². The lowest BCUT2D eigenvalue weighted by molar-refractivity contribution is 0.324. The normalized spacial score (nSPS) is 11.2. The zero-order chi connectivity index (χ0) is 18.7. The summed E-state index contributed by atoms with van der Waals surface area (Å²) in [7, 11) is 0. The van der Waals surface area contributed by atoms with Gasteiger partial charge >= 0.3 is 0 Å². The molecule has 0 aliphatic heterocycles. The van der Waals surface area contributed by atoms with Crippen LogP contribution in [-0.4, -0.2) is 22.6 Å². The van der Waals surface area contributed by atoms with E-state index in [4.69, 9.17) is 16.3 Å². The first-order valence-corrected chi connectivity index (χ1v) is 8.10. The van der Waals surface area contributed by atoms with E-state index in [9.17, 15) is 13.6 Å². The minimum absolute atomic E-state index is 0.0903. The molecular formula is C18H14ClF2N3O2. The number of nitrogens with zero attached hydrogens (tertiary/aromatic N) is 2. The van der Waals surface area contributed by atoms with Crippen molar-refractivity contribution in [2.75, 3.05) is 6.61 Å². The summed E-state index contributed by atoms with van der Waals surface area (Å²) in [5.74, 6) is -1.34. The van der Waals surface area contributed by atoms with Crippen LogP contribution in [0.25, 0.3) is 5.69 Å². The number of aliphatic imine (C=N–C) groups is 1. The van der Waals surface area contributed by atoms with Gasteiger partial charge in [0.05, 0.1) is 18.0 Å². The zero-order valence-corrected chi connectivity index (χ0v) is 14.4. The van der Waals surface area contributed by atoms with Crippen molar-refractivity contribution in [1.29, 1.82) is 0 Å². The van der Waals surface area contributed by atoms with Crippen molar-refractivity contribution in [2.24, 2.45) is 4.99 Å². The summed E-state index contributed by atoms with van der Waals surface area (Å²) in [5.41, 5.74) is 0.146. The highest BCUT2D eigenvalue weighted by Crippen LogP contribution is 2.20. The summed E-state index contributed by atoms with van der Waals surface area (Å²) >= 11 is 5.86. The van der Waals surface area contributed by atoms with Crippen molar-refractivity contribution in [3.8, 4) is 11.6 Å². The standard InChI is InChI=1S/C18H14ClF2N3O2/c1-2-26-17-14(10-22-16-8-5-12(20)9-15(16)21)18(25)24(23-17)13-6-3-11(19)4-7-13/h3-10,23H,2H2,1H3. The Labute approximate surface area is 152 Å². The van der Waals surface area contributed by atoms with E-state index in [1.807, 2.05) is 0 Å². The molecule has 0 radical (unpaired) electrons. The Kier molecular flexibility index (Phi) is 5.18. The summed E-state index contributed by atoms with van der Waals surface area (Å²) < 4.78 is 33.4. The maximum absolute atomic E-state index is 13.7. The first kappa shape index (κ1) is 17.9. The molecule has 2 aromatic carbocycles. The van der Waals surface area contributed by atoms with Crippen LogP contribution in [0.1, 0.15) is 12.5 Å². The van der Waals surface area contributed by atoms with Gasteiger partial charge in [-0.15, -0.1) is 0 Å². The van der Waals surface area contributed by atoms with Gasteiger partial charge in [0, 0.05) is 17.3 Å². The highest BCUT2D eigenvalue weighted by Gasteiger charge is 2.15. The molecule has 0 atom stereocenters. The van der Waals surface area contributed by atoms with Crippen molar-refractivity contribution in [3.63, 3.8) is 0 Å². The summed E-state index contributed by atoms with van der Waals surface area (Å²) in [5, 5.41) is 3.37. The maximum Gasteiger partial charge on any atom is 0.284 e. The van der Waals surface area contributed by atoms with Crippen molar-refractivity contribution in [2.45, 2.75) is 6.92 Å². The molecule has 0 bridgehead atoms. The molecule has 0 saturated carbocycles. The summed E-state index contributed by atoms with van der Waals surface area (Å²) in [4.78, 5) is 16.6. The van der Waals surface area contributed by atoms with Crippen molar-refractivity contribution in [3.05, 3.63) is 75.0 Å². The van der Waals surface area contributed by atoms with Crippen LogP contribution >= 0.6 is 11.6 Å². The molecule has 134 valence electrons. The third-order valence-corrected chi connectivity index (χ3v) is 3.76. The molecule has 1 heterocycles. The molecule has 0 spiro atoms. The Morgan fingerprint density at radius 1 is 1.23 bits per heavy atom. The fraction of sp³-hybridized carbons (Fsp3) is 0.111. The van der Waals surface area contributed by atoms with Crippen LogP contribution in [0.4, 0.5) is 14.5 Å². The highest BCUT2D eigenvalue weighted by atomic mass is 35.5. The zero-order valence-electron chi connectivity index (χ0n) is 13.7. The number of aromatic amines is 1. The monoisotopic (exact) mass is 377 g/mol. The molecule has 1 aromatic heterocycles. The molecule has 0 aliphatic rings. The summed E-state index contributed by atoms with van der Waals surface area (Å²) in [6.45, 7) is 2.07. The minimum atomic E-state index is -0.826. The second kappa shape index (κ2) is 7.53. The molecular weight excluding hydrogens is 364 g/mol. The average Bonchev–Trinajstić information content (AvgIpc) is 2.91. The lowest BCUT2D eigenvalue weighted by Gasteiger charge is -2.02. The van der Waals surface area contributed by atoms with Crippen LogP contribution in [0.3, 0.4) is 0 Å². The van der Waals surface area contributed by atoms with E-state index in [0.29, 0.717) is 17.3 Å². The molecule has 0 fully saturated rings. The number of nitrogens with one attached hydrogen (secondary N) is 1. The van der Waals surface area contributed by atoms with E-state index >= 15 is 0 Å².